The summed E-state index contributed by atoms with van der Waals surface area (Å²) >= 11 is 3.23. The second kappa shape index (κ2) is 5.40. The molecule has 0 unspecified atom stereocenters. The van der Waals surface area contributed by atoms with E-state index in [0.717, 1.165) is 39.8 Å². The van der Waals surface area contributed by atoms with Crippen LogP contribution in [0.4, 0.5) is 0 Å². The Balaban J connectivity index is 1.63. The second-order valence-corrected chi connectivity index (χ2v) is 10.5. The van der Waals surface area contributed by atoms with Crippen LogP contribution in [0.15, 0.2) is 17.5 Å². The van der Waals surface area contributed by atoms with E-state index in [1.54, 1.807) is 22.7 Å². The first-order chi connectivity index (χ1) is 11.3. The average Bonchev–Trinajstić information content (AvgIpc) is 3.15. The third-order valence-electron chi connectivity index (χ3n) is 5.40. The fourth-order valence-electron chi connectivity index (χ4n) is 4.93. The maximum absolute atomic E-state index is 13.2. The summed E-state index contributed by atoms with van der Waals surface area (Å²) in [4.78, 5) is 22.0. The Morgan fingerprint density at radius 1 is 1.33 bits per heavy atom. The number of carbonyl (C=O) groups excluding carboxylic acids is 1. The second-order valence-electron chi connectivity index (χ2n) is 8.56. The zero-order chi connectivity index (χ0) is 17.1. The van der Waals surface area contributed by atoms with Gasteiger partial charge in [-0.3, -0.25) is 4.79 Å². The number of hydrogen-bond donors (Lipinski definition) is 0. The highest BCUT2D eigenvalue weighted by Gasteiger charge is 2.51. The maximum Gasteiger partial charge on any atom is 0.266 e. The molecule has 4 rings (SSSR count). The molecule has 2 aliphatic rings. The van der Waals surface area contributed by atoms with Crippen LogP contribution in [0.25, 0.3) is 9.88 Å². The SMILES string of the molecule is Cc1nc(-c2cccs2)sc1C(=O)N1C[C@@]2(C)C[C@H]1CC(C)(C)C2. The monoisotopic (exact) mass is 360 g/mol. The Bertz CT molecular complexity index is 777. The third kappa shape index (κ3) is 2.72. The molecule has 5 heteroatoms. The Hall–Kier alpha value is -1.20. The minimum absolute atomic E-state index is 0.194. The van der Waals surface area contributed by atoms with Crippen molar-refractivity contribution in [2.45, 2.75) is 53.0 Å². The van der Waals surface area contributed by atoms with Crippen LogP contribution in [0.1, 0.15) is 55.4 Å². The van der Waals surface area contributed by atoms with Gasteiger partial charge in [0, 0.05) is 12.6 Å². The molecule has 0 spiro atoms. The summed E-state index contributed by atoms with van der Waals surface area (Å²) in [6, 6.07) is 4.49. The van der Waals surface area contributed by atoms with Crippen molar-refractivity contribution in [2.75, 3.05) is 6.54 Å². The van der Waals surface area contributed by atoms with Crippen LogP contribution in [0.3, 0.4) is 0 Å². The van der Waals surface area contributed by atoms with Crippen LogP contribution < -0.4 is 0 Å². The first-order valence-electron chi connectivity index (χ1n) is 8.59. The predicted octanol–water partition coefficient (Wildman–Crippen LogP) is 5.22. The molecule has 2 bridgehead atoms. The van der Waals surface area contributed by atoms with E-state index in [0.29, 0.717) is 11.5 Å². The number of aryl methyl sites for hydroxylation is 1. The number of thiophene rings is 1. The highest BCUT2D eigenvalue weighted by Crippen LogP contribution is 2.53. The molecule has 3 nitrogen and oxygen atoms in total. The van der Waals surface area contributed by atoms with Gasteiger partial charge in [-0.05, 0) is 48.5 Å². The highest BCUT2D eigenvalue weighted by atomic mass is 32.1. The van der Waals surface area contributed by atoms with Crippen LogP contribution in [-0.4, -0.2) is 28.4 Å². The standard InChI is InChI=1S/C19H24N2OS2/c1-12-15(24-16(20-12)14-6-5-7-23-14)17(22)21-11-19(4)9-13(21)8-18(2,3)10-19/h5-7,13H,8-11H2,1-4H3/t13-,19+/m1/s1. The van der Waals surface area contributed by atoms with Crippen molar-refractivity contribution >= 4 is 28.6 Å². The van der Waals surface area contributed by atoms with Gasteiger partial charge in [0.25, 0.3) is 5.91 Å². The van der Waals surface area contributed by atoms with E-state index >= 15 is 0 Å². The van der Waals surface area contributed by atoms with Gasteiger partial charge >= 0.3 is 0 Å². The van der Waals surface area contributed by atoms with E-state index in [1.807, 2.05) is 13.0 Å². The first kappa shape index (κ1) is 16.3. The summed E-state index contributed by atoms with van der Waals surface area (Å²) in [7, 11) is 0. The zero-order valence-electron chi connectivity index (χ0n) is 14.8. The van der Waals surface area contributed by atoms with Crippen molar-refractivity contribution in [3.63, 3.8) is 0 Å². The Kier molecular flexibility index (Phi) is 3.66. The third-order valence-corrected chi connectivity index (χ3v) is 7.58. The number of amides is 1. The molecule has 2 fully saturated rings. The molecule has 1 aliphatic carbocycles. The minimum Gasteiger partial charge on any atom is -0.334 e. The van der Waals surface area contributed by atoms with E-state index in [4.69, 9.17) is 0 Å². The number of hydrogen-bond acceptors (Lipinski definition) is 4. The van der Waals surface area contributed by atoms with Gasteiger partial charge in [-0.25, -0.2) is 4.98 Å². The number of nitrogens with zero attached hydrogens (tertiary/aromatic N) is 2. The van der Waals surface area contributed by atoms with Crippen LogP contribution in [-0.2, 0) is 0 Å². The summed E-state index contributed by atoms with van der Waals surface area (Å²) < 4.78 is 0. The fourth-order valence-corrected chi connectivity index (χ4v) is 6.75. The molecule has 1 aliphatic heterocycles. The lowest BCUT2D eigenvalue weighted by Crippen LogP contribution is -2.37. The molecule has 128 valence electrons. The molecule has 1 saturated heterocycles. The largest absolute Gasteiger partial charge is 0.334 e. The highest BCUT2D eigenvalue weighted by molar-refractivity contribution is 7.22. The summed E-state index contributed by atoms with van der Waals surface area (Å²) in [6.45, 7) is 9.90. The van der Waals surface area contributed by atoms with Crippen LogP contribution in [0, 0.1) is 17.8 Å². The zero-order valence-corrected chi connectivity index (χ0v) is 16.4. The molecule has 0 aromatic carbocycles. The van der Waals surface area contributed by atoms with Gasteiger partial charge < -0.3 is 4.90 Å². The number of rotatable bonds is 2. The Morgan fingerprint density at radius 2 is 2.12 bits per heavy atom. The number of carbonyl (C=O) groups is 1. The lowest BCUT2D eigenvalue weighted by atomic mass is 9.65. The van der Waals surface area contributed by atoms with Crippen molar-refractivity contribution in [3.8, 4) is 9.88 Å². The van der Waals surface area contributed by atoms with Gasteiger partial charge in [-0.2, -0.15) is 0 Å². The van der Waals surface area contributed by atoms with Crippen molar-refractivity contribution < 1.29 is 4.79 Å². The summed E-state index contributed by atoms with van der Waals surface area (Å²) in [5.41, 5.74) is 1.48. The number of likely N-dealkylation sites (tertiary alicyclic amines) is 1. The lowest BCUT2D eigenvalue weighted by Gasteiger charge is -2.39. The van der Waals surface area contributed by atoms with Gasteiger partial charge in [0.15, 0.2) is 0 Å². The summed E-state index contributed by atoms with van der Waals surface area (Å²) in [5.74, 6) is 0.194. The topological polar surface area (TPSA) is 33.2 Å². The molecule has 2 aromatic rings. The van der Waals surface area contributed by atoms with Gasteiger partial charge in [0.1, 0.15) is 9.88 Å². The Labute approximate surface area is 151 Å². The minimum atomic E-state index is 0.194. The van der Waals surface area contributed by atoms with E-state index < -0.39 is 0 Å². The number of fused-ring (bicyclic) bond motifs is 2. The molecule has 1 saturated carbocycles. The summed E-state index contributed by atoms with van der Waals surface area (Å²) in [6.07, 6.45) is 3.48. The van der Waals surface area contributed by atoms with E-state index in [2.05, 4.69) is 42.1 Å². The lowest BCUT2D eigenvalue weighted by molar-refractivity contribution is 0.0712. The quantitative estimate of drug-likeness (QED) is 0.735. The normalized spacial score (nSPS) is 28.3. The van der Waals surface area contributed by atoms with Crippen molar-refractivity contribution in [2.24, 2.45) is 10.8 Å². The molecular weight excluding hydrogens is 336 g/mol. The molecule has 1 amide bonds. The number of thiazole rings is 1. The fraction of sp³-hybridized carbons (Fsp3) is 0.579. The molecule has 3 heterocycles. The van der Waals surface area contributed by atoms with Crippen molar-refractivity contribution in [3.05, 3.63) is 28.1 Å². The predicted molar refractivity (Wildman–Crippen MR) is 101 cm³/mol. The first-order valence-corrected chi connectivity index (χ1v) is 10.3. The molecule has 2 aromatic heterocycles. The smallest absolute Gasteiger partial charge is 0.266 e. The molecule has 0 radical (unpaired) electrons. The molecule has 2 atom stereocenters. The molecule has 0 N–H and O–H groups in total. The summed E-state index contributed by atoms with van der Waals surface area (Å²) in [5, 5.41) is 3.03. The van der Waals surface area contributed by atoms with Gasteiger partial charge in [0.05, 0.1) is 10.6 Å². The van der Waals surface area contributed by atoms with Crippen LogP contribution in [0.2, 0.25) is 0 Å². The van der Waals surface area contributed by atoms with E-state index in [-0.39, 0.29) is 11.3 Å². The maximum atomic E-state index is 13.2. The van der Waals surface area contributed by atoms with Gasteiger partial charge in [-0.1, -0.05) is 26.8 Å². The van der Waals surface area contributed by atoms with Gasteiger partial charge in [-0.15, -0.1) is 22.7 Å². The molecule has 24 heavy (non-hydrogen) atoms. The number of aromatic nitrogens is 1. The van der Waals surface area contributed by atoms with Crippen LogP contribution in [0.5, 0.6) is 0 Å². The van der Waals surface area contributed by atoms with Gasteiger partial charge in [0.2, 0.25) is 0 Å². The van der Waals surface area contributed by atoms with Crippen LogP contribution >= 0.6 is 22.7 Å². The average molecular weight is 361 g/mol. The Morgan fingerprint density at radius 3 is 2.83 bits per heavy atom. The van der Waals surface area contributed by atoms with Crippen molar-refractivity contribution in [1.29, 1.82) is 0 Å². The van der Waals surface area contributed by atoms with Crippen molar-refractivity contribution in [1.82, 2.24) is 9.88 Å². The van der Waals surface area contributed by atoms with E-state index in [9.17, 15) is 4.79 Å². The van der Waals surface area contributed by atoms with E-state index in [1.165, 1.54) is 6.42 Å². The molecular formula is C19H24N2OS2.